The van der Waals surface area contributed by atoms with Crippen molar-refractivity contribution in [1.82, 2.24) is 0 Å². The standard InChI is InChI=1S/C13H16FNO/c1-8-6-10(4-5-12(8)14)11(7-13(15)16)9-2-3-9/h4-6,9,11H,2-3,7H2,1H3,(H2,15,16)/t11-/m1/s1. The molecule has 0 saturated heterocycles. The van der Waals surface area contributed by atoms with Gasteiger partial charge in [0, 0.05) is 6.42 Å². The van der Waals surface area contributed by atoms with E-state index in [2.05, 4.69) is 0 Å². The predicted molar refractivity (Wildman–Crippen MR) is 60.4 cm³/mol. The molecule has 0 bridgehead atoms. The smallest absolute Gasteiger partial charge is 0.218 e. The summed E-state index contributed by atoms with van der Waals surface area (Å²) >= 11 is 0. The van der Waals surface area contributed by atoms with Crippen LogP contribution in [0.15, 0.2) is 18.2 Å². The zero-order valence-electron chi connectivity index (χ0n) is 9.37. The van der Waals surface area contributed by atoms with Crippen molar-refractivity contribution < 1.29 is 9.18 Å². The van der Waals surface area contributed by atoms with Crippen LogP contribution in [0.3, 0.4) is 0 Å². The summed E-state index contributed by atoms with van der Waals surface area (Å²) in [5.74, 6) is 0.255. The number of carbonyl (C=O) groups excluding carboxylic acids is 1. The van der Waals surface area contributed by atoms with Crippen molar-refractivity contribution in [3.63, 3.8) is 0 Å². The zero-order valence-corrected chi connectivity index (χ0v) is 9.37. The van der Waals surface area contributed by atoms with Gasteiger partial charge in [-0.05, 0) is 48.8 Å². The molecule has 1 amide bonds. The van der Waals surface area contributed by atoms with Gasteiger partial charge in [0.05, 0.1) is 0 Å². The largest absolute Gasteiger partial charge is 0.370 e. The Balaban J connectivity index is 2.24. The van der Waals surface area contributed by atoms with E-state index in [1.54, 1.807) is 13.0 Å². The molecule has 2 rings (SSSR count). The van der Waals surface area contributed by atoms with Gasteiger partial charge in [-0.2, -0.15) is 0 Å². The monoisotopic (exact) mass is 221 g/mol. The maximum atomic E-state index is 13.1. The summed E-state index contributed by atoms with van der Waals surface area (Å²) in [5.41, 5.74) is 6.93. The number of benzene rings is 1. The van der Waals surface area contributed by atoms with Crippen LogP contribution in [0.5, 0.6) is 0 Å². The van der Waals surface area contributed by atoms with Gasteiger partial charge in [0.2, 0.25) is 5.91 Å². The quantitative estimate of drug-likeness (QED) is 0.834. The molecule has 0 aromatic heterocycles. The Labute approximate surface area is 94.6 Å². The first-order valence-electron chi connectivity index (χ1n) is 5.62. The fourth-order valence-electron chi connectivity index (χ4n) is 2.17. The van der Waals surface area contributed by atoms with Crippen LogP contribution in [0.1, 0.15) is 36.3 Å². The minimum Gasteiger partial charge on any atom is -0.370 e. The molecule has 1 saturated carbocycles. The topological polar surface area (TPSA) is 43.1 Å². The molecular formula is C13H16FNO. The minimum atomic E-state index is -0.279. The van der Waals surface area contributed by atoms with E-state index in [4.69, 9.17) is 5.73 Å². The molecule has 1 fully saturated rings. The number of carbonyl (C=O) groups is 1. The Kier molecular flexibility index (Phi) is 2.95. The summed E-state index contributed by atoms with van der Waals surface area (Å²) in [6.45, 7) is 1.74. The first-order valence-corrected chi connectivity index (χ1v) is 5.62. The van der Waals surface area contributed by atoms with Gasteiger partial charge in [-0.1, -0.05) is 12.1 Å². The van der Waals surface area contributed by atoms with E-state index in [9.17, 15) is 9.18 Å². The molecule has 2 nitrogen and oxygen atoms in total. The number of hydrogen-bond acceptors (Lipinski definition) is 1. The Morgan fingerprint density at radius 1 is 1.56 bits per heavy atom. The predicted octanol–water partition coefficient (Wildman–Crippen LogP) is 2.50. The van der Waals surface area contributed by atoms with E-state index in [1.807, 2.05) is 6.07 Å². The fraction of sp³-hybridized carbons (Fsp3) is 0.462. The van der Waals surface area contributed by atoms with E-state index >= 15 is 0 Å². The van der Waals surface area contributed by atoms with Crippen LogP contribution in [-0.4, -0.2) is 5.91 Å². The normalized spacial score (nSPS) is 17.1. The second-order valence-corrected chi connectivity index (χ2v) is 4.62. The van der Waals surface area contributed by atoms with Crippen LogP contribution in [0.25, 0.3) is 0 Å². The highest BCUT2D eigenvalue weighted by atomic mass is 19.1. The maximum absolute atomic E-state index is 13.1. The van der Waals surface area contributed by atoms with Crippen molar-refractivity contribution in [2.45, 2.75) is 32.1 Å². The average molecular weight is 221 g/mol. The highest BCUT2D eigenvalue weighted by Crippen LogP contribution is 2.44. The van der Waals surface area contributed by atoms with Gasteiger partial charge in [0.25, 0.3) is 0 Å². The SMILES string of the molecule is Cc1cc([C@H](CC(N)=O)C2CC2)ccc1F. The number of primary amides is 1. The van der Waals surface area contributed by atoms with Gasteiger partial charge in [-0.3, -0.25) is 4.79 Å². The molecular weight excluding hydrogens is 205 g/mol. The Morgan fingerprint density at radius 3 is 2.75 bits per heavy atom. The van der Waals surface area contributed by atoms with Crippen molar-refractivity contribution in [3.8, 4) is 0 Å². The lowest BCUT2D eigenvalue weighted by Crippen LogP contribution is -2.16. The molecule has 3 heteroatoms. The zero-order chi connectivity index (χ0) is 11.7. The Morgan fingerprint density at radius 2 is 2.25 bits per heavy atom. The molecule has 0 spiro atoms. The first kappa shape index (κ1) is 11.1. The summed E-state index contributed by atoms with van der Waals surface area (Å²) in [6, 6.07) is 5.08. The third kappa shape index (κ3) is 2.40. The van der Waals surface area contributed by atoms with Crippen molar-refractivity contribution in [2.24, 2.45) is 11.7 Å². The van der Waals surface area contributed by atoms with Crippen molar-refractivity contribution >= 4 is 5.91 Å². The van der Waals surface area contributed by atoms with Crippen LogP contribution in [-0.2, 0) is 4.79 Å². The number of rotatable bonds is 4. The molecule has 1 aliphatic rings. The molecule has 16 heavy (non-hydrogen) atoms. The maximum Gasteiger partial charge on any atom is 0.218 e. The summed E-state index contributed by atoms with van der Waals surface area (Å²) in [7, 11) is 0. The van der Waals surface area contributed by atoms with Crippen molar-refractivity contribution in [2.75, 3.05) is 0 Å². The van der Waals surface area contributed by atoms with Gasteiger partial charge in [-0.25, -0.2) is 4.39 Å². The third-order valence-corrected chi connectivity index (χ3v) is 3.22. The van der Waals surface area contributed by atoms with Crippen LogP contribution in [0.2, 0.25) is 0 Å². The number of aryl methyl sites for hydroxylation is 1. The van der Waals surface area contributed by atoms with Gasteiger partial charge < -0.3 is 5.73 Å². The lowest BCUT2D eigenvalue weighted by Gasteiger charge is -2.15. The van der Waals surface area contributed by atoms with Crippen molar-refractivity contribution in [3.05, 3.63) is 35.1 Å². The molecule has 86 valence electrons. The van der Waals surface area contributed by atoms with Crippen molar-refractivity contribution in [1.29, 1.82) is 0 Å². The molecule has 2 N–H and O–H groups in total. The van der Waals surface area contributed by atoms with E-state index in [0.29, 0.717) is 17.9 Å². The van der Waals surface area contributed by atoms with E-state index in [0.717, 1.165) is 18.4 Å². The highest BCUT2D eigenvalue weighted by molar-refractivity contribution is 5.75. The second kappa shape index (κ2) is 4.24. The molecule has 0 radical (unpaired) electrons. The van der Waals surface area contributed by atoms with E-state index < -0.39 is 0 Å². The average Bonchev–Trinajstić information content (AvgIpc) is 3.02. The molecule has 0 heterocycles. The Bertz CT molecular complexity index is 412. The van der Waals surface area contributed by atoms with Gasteiger partial charge in [-0.15, -0.1) is 0 Å². The summed E-state index contributed by atoms with van der Waals surface area (Å²) < 4.78 is 13.1. The van der Waals surface area contributed by atoms with Crippen LogP contribution >= 0.6 is 0 Å². The van der Waals surface area contributed by atoms with Crippen LogP contribution in [0, 0.1) is 18.7 Å². The number of amides is 1. The minimum absolute atomic E-state index is 0.178. The van der Waals surface area contributed by atoms with Gasteiger partial charge >= 0.3 is 0 Å². The second-order valence-electron chi connectivity index (χ2n) is 4.62. The third-order valence-electron chi connectivity index (χ3n) is 3.22. The summed E-state index contributed by atoms with van der Waals surface area (Å²) in [6.07, 6.45) is 2.67. The molecule has 1 aromatic rings. The van der Waals surface area contributed by atoms with Gasteiger partial charge in [0.15, 0.2) is 0 Å². The Hall–Kier alpha value is -1.38. The molecule has 0 aliphatic heterocycles. The fourth-order valence-corrected chi connectivity index (χ4v) is 2.17. The lowest BCUT2D eigenvalue weighted by molar-refractivity contribution is -0.118. The van der Waals surface area contributed by atoms with Gasteiger partial charge in [0.1, 0.15) is 5.82 Å². The summed E-state index contributed by atoms with van der Waals surface area (Å²) in [4.78, 5) is 11.0. The number of halogens is 1. The van der Waals surface area contributed by atoms with E-state index in [1.165, 1.54) is 6.07 Å². The molecule has 0 unspecified atom stereocenters. The van der Waals surface area contributed by atoms with Crippen LogP contribution in [0.4, 0.5) is 4.39 Å². The summed E-state index contributed by atoms with van der Waals surface area (Å²) in [5, 5.41) is 0. The first-order chi connectivity index (χ1) is 7.58. The molecule has 1 aromatic carbocycles. The number of hydrogen-bond donors (Lipinski definition) is 1. The highest BCUT2D eigenvalue weighted by Gasteiger charge is 2.33. The molecule has 1 aliphatic carbocycles. The van der Waals surface area contributed by atoms with Crippen LogP contribution < -0.4 is 5.73 Å². The number of nitrogens with two attached hydrogens (primary N) is 1. The van der Waals surface area contributed by atoms with E-state index in [-0.39, 0.29) is 17.6 Å². The lowest BCUT2D eigenvalue weighted by atomic mass is 9.90. The molecule has 1 atom stereocenters.